The largest absolute Gasteiger partial charge is 0.269 e. The summed E-state index contributed by atoms with van der Waals surface area (Å²) in [6.07, 6.45) is 2.47. The molecular weight excluding hydrogens is 222 g/mol. The lowest BCUT2D eigenvalue weighted by Crippen LogP contribution is -1.93. The molecule has 0 bridgehead atoms. The van der Waals surface area contributed by atoms with Crippen LogP contribution in [0.15, 0.2) is 24.3 Å². The number of hydrogen-bond donors (Lipinski definition) is 1. The van der Waals surface area contributed by atoms with E-state index in [1.807, 2.05) is 0 Å². The summed E-state index contributed by atoms with van der Waals surface area (Å²) in [6.45, 7) is 0. The number of tetrazole rings is 1. The number of nitrogens with one attached hydrogen (secondary N) is 1. The minimum Gasteiger partial charge on any atom is -0.258 e. The molecule has 0 fully saturated rings. The van der Waals surface area contributed by atoms with Crippen LogP contribution in [0.4, 0.5) is 5.69 Å². The summed E-state index contributed by atoms with van der Waals surface area (Å²) in [5.74, 6) is 0.687. The second kappa shape index (κ2) is 5.15. The summed E-state index contributed by atoms with van der Waals surface area (Å²) in [6, 6.07) is 6.58. The molecule has 7 nitrogen and oxygen atoms in total. The molecule has 17 heavy (non-hydrogen) atoms. The number of nitrogens with zero attached hydrogens (tertiary/aromatic N) is 4. The summed E-state index contributed by atoms with van der Waals surface area (Å²) >= 11 is 0. The Morgan fingerprint density at radius 2 is 2.00 bits per heavy atom. The number of rotatable bonds is 5. The lowest BCUT2D eigenvalue weighted by Gasteiger charge is -1.99. The maximum Gasteiger partial charge on any atom is 0.269 e. The van der Waals surface area contributed by atoms with Gasteiger partial charge in [0.2, 0.25) is 0 Å². The number of aromatic nitrogens is 4. The van der Waals surface area contributed by atoms with Crippen molar-refractivity contribution in [1.82, 2.24) is 20.6 Å². The first kappa shape index (κ1) is 11.2. The summed E-state index contributed by atoms with van der Waals surface area (Å²) in [7, 11) is 0. The zero-order valence-corrected chi connectivity index (χ0v) is 9.04. The van der Waals surface area contributed by atoms with Crippen LogP contribution in [-0.4, -0.2) is 25.5 Å². The summed E-state index contributed by atoms with van der Waals surface area (Å²) < 4.78 is 0. The Morgan fingerprint density at radius 3 is 2.59 bits per heavy atom. The maximum absolute atomic E-state index is 10.5. The Bertz CT molecular complexity index is 480. The highest BCUT2D eigenvalue weighted by molar-refractivity contribution is 5.32. The van der Waals surface area contributed by atoms with E-state index in [4.69, 9.17) is 0 Å². The van der Waals surface area contributed by atoms with Gasteiger partial charge in [0.15, 0.2) is 5.82 Å². The van der Waals surface area contributed by atoms with E-state index in [1.54, 1.807) is 12.1 Å². The molecule has 1 heterocycles. The van der Waals surface area contributed by atoms with Gasteiger partial charge in [0, 0.05) is 18.6 Å². The Morgan fingerprint density at radius 1 is 1.24 bits per heavy atom. The van der Waals surface area contributed by atoms with Crippen LogP contribution in [0.25, 0.3) is 0 Å². The van der Waals surface area contributed by atoms with E-state index in [-0.39, 0.29) is 5.69 Å². The molecule has 0 atom stereocenters. The first-order chi connectivity index (χ1) is 8.25. The molecule has 0 amide bonds. The summed E-state index contributed by atoms with van der Waals surface area (Å²) in [4.78, 5) is 10.1. The third-order valence-electron chi connectivity index (χ3n) is 2.40. The number of nitro benzene ring substituents is 1. The monoisotopic (exact) mass is 233 g/mol. The Labute approximate surface area is 97.0 Å². The molecule has 0 saturated heterocycles. The molecule has 1 N–H and O–H groups in total. The normalized spacial score (nSPS) is 10.4. The molecule has 0 unspecified atom stereocenters. The van der Waals surface area contributed by atoms with Crippen LogP contribution in [0.2, 0.25) is 0 Å². The highest BCUT2D eigenvalue weighted by atomic mass is 16.6. The molecule has 2 rings (SSSR count). The lowest BCUT2D eigenvalue weighted by molar-refractivity contribution is -0.384. The molecule has 88 valence electrons. The predicted molar refractivity (Wildman–Crippen MR) is 59.3 cm³/mol. The lowest BCUT2D eigenvalue weighted by atomic mass is 10.1. The van der Waals surface area contributed by atoms with Crippen molar-refractivity contribution in [3.05, 3.63) is 45.8 Å². The maximum atomic E-state index is 10.5. The number of H-pyrrole nitrogens is 1. The summed E-state index contributed by atoms with van der Waals surface area (Å²) in [5.41, 5.74) is 1.19. The van der Waals surface area contributed by atoms with Gasteiger partial charge in [-0.3, -0.25) is 10.1 Å². The highest BCUT2D eigenvalue weighted by Crippen LogP contribution is 2.13. The first-order valence-electron chi connectivity index (χ1n) is 5.21. The van der Waals surface area contributed by atoms with Crippen LogP contribution in [0.5, 0.6) is 0 Å². The third kappa shape index (κ3) is 3.07. The van der Waals surface area contributed by atoms with E-state index in [2.05, 4.69) is 20.6 Å². The van der Waals surface area contributed by atoms with Gasteiger partial charge in [-0.1, -0.05) is 17.3 Å². The van der Waals surface area contributed by atoms with Gasteiger partial charge in [0.05, 0.1) is 4.92 Å². The van der Waals surface area contributed by atoms with Crippen molar-refractivity contribution in [3.63, 3.8) is 0 Å². The number of aryl methyl sites for hydroxylation is 2. The van der Waals surface area contributed by atoms with E-state index >= 15 is 0 Å². The van der Waals surface area contributed by atoms with Crippen LogP contribution in [0, 0.1) is 10.1 Å². The molecule has 0 aliphatic heterocycles. The quantitative estimate of drug-likeness (QED) is 0.619. The molecule has 0 aliphatic rings. The number of non-ortho nitro benzene ring substituents is 1. The fourth-order valence-corrected chi connectivity index (χ4v) is 1.52. The number of hydrogen-bond acceptors (Lipinski definition) is 5. The van der Waals surface area contributed by atoms with Crippen molar-refractivity contribution in [2.45, 2.75) is 19.3 Å². The SMILES string of the molecule is O=[N+]([O-])c1ccc(CCCc2nn[nH]n2)cc1. The van der Waals surface area contributed by atoms with Gasteiger partial charge in [-0.25, -0.2) is 0 Å². The second-order valence-corrected chi connectivity index (χ2v) is 3.61. The smallest absolute Gasteiger partial charge is 0.258 e. The fourth-order valence-electron chi connectivity index (χ4n) is 1.52. The average molecular weight is 233 g/mol. The molecular formula is C10H11N5O2. The average Bonchev–Trinajstić information content (AvgIpc) is 2.83. The van der Waals surface area contributed by atoms with Crippen LogP contribution in [0.1, 0.15) is 17.8 Å². The molecule has 0 saturated carbocycles. The van der Waals surface area contributed by atoms with Crippen molar-refractivity contribution >= 4 is 5.69 Å². The van der Waals surface area contributed by atoms with E-state index in [0.29, 0.717) is 5.82 Å². The molecule has 0 spiro atoms. The van der Waals surface area contributed by atoms with Gasteiger partial charge in [0.25, 0.3) is 5.69 Å². The molecule has 7 heteroatoms. The van der Waals surface area contributed by atoms with Crippen molar-refractivity contribution in [2.75, 3.05) is 0 Å². The zero-order chi connectivity index (χ0) is 12.1. The Kier molecular flexibility index (Phi) is 3.39. The minimum atomic E-state index is -0.400. The van der Waals surface area contributed by atoms with Crippen LogP contribution in [0.3, 0.4) is 0 Å². The number of aromatic amines is 1. The second-order valence-electron chi connectivity index (χ2n) is 3.61. The van der Waals surface area contributed by atoms with Gasteiger partial charge in [-0.2, -0.15) is 5.21 Å². The van der Waals surface area contributed by atoms with Gasteiger partial charge in [-0.05, 0) is 18.4 Å². The van der Waals surface area contributed by atoms with E-state index in [1.165, 1.54) is 12.1 Å². The van der Waals surface area contributed by atoms with Gasteiger partial charge in [-0.15, -0.1) is 10.2 Å². The van der Waals surface area contributed by atoms with Gasteiger partial charge < -0.3 is 0 Å². The van der Waals surface area contributed by atoms with Gasteiger partial charge >= 0.3 is 0 Å². The van der Waals surface area contributed by atoms with Crippen molar-refractivity contribution in [2.24, 2.45) is 0 Å². The first-order valence-corrected chi connectivity index (χ1v) is 5.21. The standard InChI is InChI=1S/C10H11N5O2/c16-15(17)9-6-4-8(5-7-9)2-1-3-10-11-13-14-12-10/h4-7H,1-3H2,(H,11,12,13,14). The summed E-state index contributed by atoms with van der Waals surface area (Å²) in [5, 5.41) is 24.0. The third-order valence-corrected chi connectivity index (χ3v) is 2.40. The van der Waals surface area contributed by atoms with Crippen LogP contribution >= 0.6 is 0 Å². The van der Waals surface area contributed by atoms with Crippen LogP contribution in [-0.2, 0) is 12.8 Å². The van der Waals surface area contributed by atoms with E-state index in [9.17, 15) is 10.1 Å². The van der Waals surface area contributed by atoms with Crippen molar-refractivity contribution in [1.29, 1.82) is 0 Å². The molecule has 0 aliphatic carbocycles. The molecule has 2 aromatic rings. The minimum absolute atomic E-state index is 0.118. The van der Waals surface area contributed by atoms with E-state index in [0.717, 1.165) is 24.8 Å². The topological polar surface area (TPSA) is 97.6 Å². The van der Waals surface area contributed by atoms with Gasteiger partial charge in [0.1, 0.15) is 0 Å². The Hall–Kier alpha value is -2.31. The van der Waals surface area contributed by atoms with Crippen molar-refractivity contribution in [3.8, 4) is 0 Å². The molecule has 0 radical (unpaired) electrons. The Balaban J connectivity index is 1.85. The van der Waals surface area contributed by atoms with Crippen molar-refractivity contribution < 1.29 is 4.92 Å². The fraction of sp³-hybridized carbons (Fsp3) is 0.300. The number of benzene rings is 1. The zero-order valence-electron chi connectivity index (χ0n) is 9.04. The molecule has 1 aromatic heterocycles. The predicted octanol–water partition coefficient (Wildman–Crippen LogP) is 1.28. The molecule has 1 aromatic carbocycles. The van der Waals surface area contributed by atoms with E-state index < -0.39 is 4.92 Å². The number of nitro groups is 1. The van der Waals surface area contributed by atoms with Crippen LogP contribution < -0.4 is 0 Å². The highest BCUT2D eigenvalue weighted by Gasteiger charge is 2.04.